The Labute approximate surface area is 76.1 Å². The first-order valence-corrected chi connectivity index (χ1v) is 5.02. The van der Waals surface area contributed by atoms with Crippen LogP contribution in [0, 0.1) is 5.92 Å². The maximum atomic E-state index is 5.84. The van der Waals surface area contributed by atoms with Gasteiger partial charge in [-0.05, 0) is 39.3 Å². The molecule has 0 heterocycles. The highest BCUT2D eigenvalue weighted by molar-refractivity contribution is 4.96. The van der Waals surface area contributed by atoms with E-state index in [2.05, 4.69) is 25.9 Å². The lowest BCUT2D eigenvalue weighted by Crippen LogP contribution is -2.48. The van der Waals surface area contributed by atoms with E-state index in [1.165, 1.54) is 25.7 Å². The molecule has 0 aromatic rings. The minimum Gasteiger partial charge on any atom is -0.329 e. The van der Waals surface area contributed by atoms with Crippen LogP contribution in [0.15, 0.2) is 0 Å². The molecule has 1 saturated carbocycles. The summed E-state index contributed by atoms with van der Waals surface area (Å²) in [7, 11) is 4.32. The molecule has 72 valence electrons. The van der Waals surface area contributed by atoms with E-state index >= 15 is 0 Å². The molecule has 2 unspecified atom stereocenters. The highest BCUT2D eigenvalue weighted by Gasteiger charge is 2.38. The molecule has 0 radical (unpaired) electrons. The maximum Gasteiger partial charge on any atom is 0.0328 e. The molecule has 1 aliphatic rings. The lowest BCUT2D eigenvalue weighted by molar-refractivity contribution is 0.160. The van der Waals surface area contributed by atoms with Gasteiger partial charge in [0, 0.05) is 12.1 Å². The fourth-order valence-electron chi connectivity index (χ4n) is 2.34. The molecule has 1 rings (SSSR count). The topological polar surface area (TPSA) is 29.3 Å². The summed E-state index contributed by atoms with van der Waals surface area (Å²) in [5, 5.41) is 0. The van der Waals surface area contributed by atoms with E-state index < -0.39 is 0 Å². The van der Waals surface area contributed by atoms with E-state index in [1.54, 1.807) is 0 Å². The second-order valence-corrected chi connectivity index (χ2v) is 4.34. The van der Waals surface area contributed by atoms with Crippen molar-refractivity contribution in [3.8, 4) is 0 Å². The Morgan fingerprint density at radius 3 is 2.42 bits per heavy atom. The van der Waals surface area contributed by atoms with Gasteiger partial charge in [-0.2, -0.15) is 0 Å². The molecule has 1 fully saturated rings. The first kappa shape index (κ1) is 10.0. The predicted octanol–water partition coefficient (Wildman–Crippen LogP) is 1.46. The molecule has 0 amide bonds. The molecular formula is C10H22N2. The third kappa shape index (κ3) is 1.64. The number of nitrogens with zero attached hydrogens (tertiary/aromatic N) is 1. The standard InChI is InChI=1S/C10H22N2/c1-4-9-5-6-10(7-9,8-11)12(2)3/h9H,4-8,11H2,1-3H3. The minimum atomic E-state index is 0.320. The smallest absolute Gasteiger partial charge is 0.0328 e. The first-order valence-electron chi connectivity index (χ1n) is 5.02. The van der Waals surface area contributed by atoms with E-state index in [1.807, 2.05) is 0 Å². The van der Waals surface area contributed by atoms with Crippen LogP contribution in [0.1, 0.15) is 32.6 Å². The van der Waals surface area contributed by atoms with Gasteiger partial charge in [0.1, 0.15) is 0 Å². The number of rotatable bonds is 3. The van der Waals surface area contributed by atoms with Gasteiger partial charge in [-0.15, -0.1) is 0 Å². The van der Waals surface area contributed by atoms with E-state index in [0.717, 1.165) is 12.5 Å². The van der Waals surface area contributed by atoms with Crippen LogP contribution in [-0.4, -0.2) is 31.1 Å². The van der Waals surface area contributed by atoms with Gasteiger partial charge in [-0.3, -0.25) is 0 Å². The minimum absolute atomic E-state index is 0.320. The molecule has 0 bridgehead atoms. The van der Waals surface area contributed by atoms with Crippen molar-refractivity contribution in [2.45, 2.75) is 38.1 Å². The lowest BCUT2D eigenvalue weighted by atomic mass is 9.94. The fourth-order valence-corrected chi connectivity index (χ4v) is 2.34. The van der Waals surface area contributed by atoms with Crippen LogP contribution in [0.3, 0.4) is 0 Å². The number of nitrogens with two attached hydrogens (primary N) is 1. The molecule has 2 N–H and O–H groups in total. The second-order valence-electron chi connectivity index (χ2n) is 4.34. The molecule has 0 saturated heterocycles. The zero-order valence-electron chi connectivity index (χ0n) is 8.64. The van der Waals surface area contributed by atoms with Gasteiger partial charge in [0.25, 0.3) is 0 Å². The third-order valence-corrected chi connectivity index (χ3v) is 3.59. The fraction of sp³-hybridized carbons (Fsp3) is 1.00. The Morgan fingerprint density at radius 1 is 1.50 bits per heavy atom. The summed E-state index contributed by atoms with van der Waals surface area (Å²) in [6, 6.07) is 0. The molecule has 0 aliphatic heterocycles. The van der Waals surface area contributed by atoms with Gasteiger partial charge >= 0.3 is 0 Å². The second kappa shape index (κ2) is 3.75. The van der Waals surface area contributed by atoms with Crippen molar-refractivity contribution in [2.24, 2.45) is 11.7 Å². The molecule has 1 aliphatic carbocycles. The highest BCUT2D eigenvalue weighted by atomic mass is 15.2. The Morgan fingerprint density at radius 2 is 2.17 bits per heavy atom. The molecular weight excluding hydrogens is 148 g/mol. The Bertz CT molecular complexity index is 145. The molecule has 2 atom stereocenters. The Hall–Kier alpha value is -0.0800. The van der Waals surface area contributed by atoms with Crippen molar-refractivity contribution < 1.29 is 0 Å². The van der Waals surface area contributed by atoms with Gasteiger partial charge in [-0.25, -0.2) is 0 Å². The van der Waals surface area contributed by atoms with Gasteiger partial charge in [0.2, 0.25) is 0 Å². The average molecular weight is 170 g/mol. The number of hydrogen-bond acceptors (Lipinski definition) is 2. The van der Waals surface area contributed by atoms with Crippen molar-refractivity contribution in [3.05, 3.63) is 0 Å². The number of likely N-dealkylation sites (N-methyl/N-ethyl adjacent to an activating group) is 1. The zero-order valence-corrected chi connectivity index (χ0v) is 8.64. The summed E-state index contributed by atoms with van der Waals surface area (Å²) in [6.45, 7) is 3.10. The van der Waals surface area contributed by atoms with Crippen LogP contribution in [0.4, 0.5) is 0 Å². The van der Waals surface area contributed by atoms with Crippen molar-refractivity contribution in [3.63, 3.8) is 0 Å². The Balaban J connectivity index is 2.59. The summed E-state index contributed by atoms with van der Waals surface area (Å²) >= 11 is 0. The molecule has 2 nitrogen and oxygen atoms in total. The zero-order chi connectivity index (χ0) is 9.19. The highest BCUT2D eigenvalue weighted by Crippen LogP contribution is 2.38. The van der Waals surface area contributed by atoms with Crippen LogP contribution in [0.5, 0.6) is 0 Å². The van der Waals surface area contributed by atoms with Gasteiger partial charge in [0.15, 0.2) is 0 Å². The van der Waals surface area contributed by atoms with Crippen LogP contribution >= 0.6 is 0 Å². The average Bonchev–Trinajstić information content (AvgIpc) is 2.48. The summed E-state index contributed by atoms with van der Waals surface area (Å²) in [5.74, 6) is 0.913. The predicted molar refractivity (Wildman–Crippen MR) is 53.1 cm³/mol. The van der Waals surface area contributed by atoms with Crippen molar-refractivity contribution in [2.75, 3.05) is 20.6 Å². The summed E-state index contributed by atoms with van der Waals surface area (Å²) in [6.07, 6.45) is 5.27. The summed E-state index contributed by atoms with van der Waals surface area (Å²) < 4.78 is 0. The molecule has 0 aromatic carbocycles. The largest absolute Gasteiger partial charge is 0.329 e. The molecule has 12 heavy (non-hydrogen) atoms. The quantitative estimate of drug-likeness (QED) is 0.694. The van der Waals surface area contributed by atoms with Crippen LogP contribution < -0.4 is 5.73 Å². The van der Waals surface area contributed by atoms with Crippen LogP contribution in [0.2, 0.25) is 0 Å². The van der Waals surface area contributed by atoms with Gasteiger partial charge < -0.3 is 10.6 Å². The lowest BCUT2D eigenvalue weighted by Gasteiger charge is -2.35. The van der Waals surface area contributed by atoms with E-state index in [4.69, 9.17) is 5.73 Å². The van der Waals surface area contributed by atoms with E-state index in [9.17, 15) is 0 Å². The normalized spacial score (nSPS) is 36.2. The SMILES string of the molecule is CCC1CCC(CN)(N(C)C)C1. The number of hydrogen-bond donors (Lipinski definition) is 1. The van der Waals surface area contributed by atoms with E-state index in [0.29, 0.717) is 5.54 Å². The van der Waals surface area contributed by atoms with Crippen molar-refractivity contribution in [1.82, 2.24) is 4.90 Å². The van der Waals surface area contributed by atoms with Crippen molar-refractivity contribution >= 4 is 0 Å². The monoisotopic (exact) mass is 170 g/mol. The van der Waals surface area contributed by atoms with Gasteiger partial charge in [-0.1, -0.05) is 13.3 Å². The molecule has 0 spiro atoms. The van der Waals surface area contributed by atoms with Crippen LogP contribution in [-0.2, 0) is 0 Å². The first-order chi connectivity index (χ1) is 5.64. The molecule has 0 aromatic heterocycles. The van der Waals surface area contributed by atoms with E-state index in [-0.39, 0.29) is 0 Å². The maximum absolute atomic E-state index is 5.84. The summed E-state index contributed by atoms with van der Waals surface area (Å²) in [5.41, 5.74) is 6.17. The Kier molecular flexibility index (Phi) is 3.13. The third-order valence-electron chi connectivity index (χ3n) is 3.59. The van der Waals surface area contributed by atoms with Crippen LogP contribution in [0.25, 0.3) is 0 Å². The summed E-state index contributed by atoms with van der Waals surface area (Å²) in [4.78, 5) is 2.32. The van der Waals surface area contributed by atoms with Crippen molar-refractivity contribution in [1.29, 1.82) is 0 Å². The van der Waals surface area contributed by atoms with Gasteiger partial charge in [0.05, 0.1) is 0 Å². The molecule has 2 heteroatoms.